The number of hydrogen-bond acceptors (Lipinski definition) is 5. The van der Waals surface area contributed by atoms with E-state index in [1.54, 1.807) is 30.1 Å². The molecule has 0 fully saturated rings. The molecule has 0 saturated heterocycles. The third kappa shape index (κ3) is 3.89. The summed E-state index contributed by atoms with van der Waals surface area (Å²) < 4.78 is 1.69. The highest BCUT2D eigenvalue weighted by molar-refractivity contribution is 6.02. The van der Waals surface area contributed by atoms with Gasteiger partial charge in [-0.3, -0.25) is 9.69 Å². The normalized spacial score (nSPS) is 21.0. The molecule has 2 N–H and O–H groups in total. The van der Waals surface area contributed by atoms with E-state index in [1.165, 1.54) is 10.5 Å². The Hall–Kier alpha value is -3.92. The summed E-state index contributed by atoms with van der Waals surface area (Å²) in [7, 11) is 1.65. The van der Waals surface area contributed by atoms with E-state index in [0.29, 0.717) is 5.56 Å². The van der Waals surface area contributed by atoms with Crippen LogP contribution in [0.25, 0.3) is 5.69 Å². The van der Waals surface area contributed by atoms with Gasteiger partial charge in [0, 0.05) is 18.8 Å². The Labute approximate surface area is 194 Å². The number of nitriles is 1. The first-order valence-corrected chi connectivity index (χ1v) is 10.8. The summed E-state index contributed by atoms with van der Waals surface area (Å²) in [4.78, 5) is 19.7. The summed E-state index contributed by atoms with van der Waals surface area (Å²) in [5.41, 5.74) is 9.35. The first kappa shape index (κ1) is 22.3. The number of rotatable bonds is 3. The quantitative estimate of drug-likeness (QED) is 0.669. The number of nitrogens with two attached hydrogens (primary N) is 1. The van der Waals surface area contributed by atoms with Gasteiger partial charge in [-0.25, -0.2) is 9.67 Å². The first-order chi connectivity index (χ1) is 15.5. The Morgan fingerprint density at radius 1 is 1.15 bits per heavy atom. The van der Waals surface area contributed by atoms with Crippen LogP contribution in [0.3, 0.4) is 0 Å². The lowest BCUT2D eigenvalue weighted by Gasteiger charge is -2.40. The molecule has 1 aliphatic heterocycles. The second-order valence-electron chi connectivity index (χ2n) is 9.66. The van der Waals surface area contributed by atoms with Crippen molar-refractivity contribution < 1.29 is 4.79 Å². The number of aliphatic imine (C=N–C) groups is 1. The van der Waals surface area contributed by atoms with Gasteiger partial charge in [-0.2, -0.15) is 10.4 Å². The largest absolute Gasteiger partial charge is 0.369 e. The Morgan fingerprint density at radius 3 is 2.48 bits per heavy atom. The molecule has 0 bridgehead atoms. The van der Waals surface area contributed by atoms with Gasteiger partial charge < -0.3 is 5.73 Å². The fourth-order valence-electron chi connectivity index (χ4n) is 4.24. The molecule has 7 heteroatoms. The minimum absolute atomic E-state index is 0.0108. The average Bonchev–Trinajstić information content (AvgIpc) is 3.29. The van der Waals surface area contributed by atoms with E-state index >= 15 is 0 Å². The van der Waals surface area contributed by atoms with Crippen molar-refractivity contribution in [3.8, 4) is 11.8 Å². The number of likely N-dealkylation sites (N-methyl/N-ethyl adjacent to an activating group) is 1. The molecule has 0 radical (unpaired) electrons. The van der Waals surface area contributed by atoms with Gasteiger partial charge in [-0.1, -0.05) is 51.1 Å². The van der Waals surface area contributed by atoms with E-state index in [2.05, 4.69) is 44.1 Å². The van der Waals surface area contributed by atoms with Gasteiger partial charge in [0.1, 0.15) is 5.54 Å². The number of carbonyl (C=O) groups excluding carboxylic acids is 1. The summed E-state index contributed by atoms with van der Waals surface area (Å²) in [6, 6.07) is 17.5. The molecular weight excluding hydrogens is 412 g/mol. The Morgan fingerprint density at radius 2 is 1.85 bits per heavy atom. The summed E-state index contributed by atoms with van der Waals surface area (Å²) in [5, 5.41) is 13.7. The fourth-order valence-corrected chi connectivity index (χ4v) is 4.24. The molecule has 0 saturated carbocycles. The fraction of sp³-hybridized carbons (Fsp3) is 0.308. The van der Waals surface area contributed by atoms with E-state index < -0.39 is 11.5 Å². The van der Waals surface area contributed by atoms with Crippen molar-refractivity contribution in [1.82, 2.24) is 14.7 Å². The van der Waals surface area contributed by atoms with Crippen LogP contribution in [-0.2, 0) is 15.7 Å². The van der Waals surface area contributed by atoms with Crippen LogP contribution in [0, 0.1) is 11.3 Å². The molecule has 2 atom stereocenters. The molecule has 2 aromatic carbocycles. The zero-order valence-corrected chi connectivity index (χ0v) is 19.6. The van der Waals surface area contributed by atoms with Gasteiger partial charge in [0.25, 0.3) is 0 Å². The van der Waals surface area contributed by atoms with Crippen molar-refractivity contribution in [1.29, 1.82) is 5.26 Å². The Bertz CT molecular complexity index is 1280. The number of aromatic nitrogens is 2. The standard InChI is InChI=1S/C26H28N6O/c1-25(2,3)19-11-9-18(10-12-19)22-23(33)31(5)24(28)30-26(22,4)20-15-29-32(16-20)21-8-6-7-17(13-21)14-27/h6-13,15-16,22H,1-5H3,(H2,28,30)/t22-,26+/m0/s1. The van der Waals surface area contributed by atoms with Crippen LogP contribution in [0.2, 0.25) is 0 Å². The number of amides is 1. The van der Waals surface area contributed by atoms with E-state index in [0.717, 1.165) is 16.8 Å². The van der Waals surface area contributed by atoms with Crippen molar-refractivity contribution in [3.05, 3.63) is 83.2 Å². The number of carbonyl (C=O) groups is 1. The number of benzene rings is 2. The van der Waals surface area contributed by atoms with Crippen LogP contribution < -0.4 is 5.73 Å². The summed E-state index contributed by atoms with van der Waals surface area (Å²) in [5.74, 6) is -0.510. The van der Waals surface area contributed by atoms with Gasteiger partial charge in [0.15, 0.2) is 5.96 Å². The predicted octanol–water partition coefficient (Wildman–Crippen LogP) is 3.83. The lowest BCUT2D eigenvalue weighted by molar-refractivity contribution is -0.130. The zero-order valence-electron chi connectivity index (χ0n) is 19.6. The molecule has 2 heterocycles. The van der Waals surface area contributed by atoms with Gasteiger partial charge in [0.2, 0.25) is 5.91 Å². The third-order valence-electron chi connectivity index (χ3n) is 6.35. The number of nitrogens with zero attached hydrogens (tertiary/aromatic N) is 5. The van der Waals surface area contributed by atoms with Crippen molar-refractivity contribution in [2.45, 2.75) is 44.6 Å². The second kappa shape index (κ2) is 7.89. The summed E-state index contributed by atoms with van der Waals surface area (Å²) in [6.45, 7) is 8.39. The molecule has 168 valence electrons. The number of guanidine groups is 1. The van der Waals surface area contributed by atoms with Crippen molar-refractivity contribution in [2.24, 2.45) is 10.7 Å². The molecule has 0 unspecified atom stereocenters. The average molecular weight is 441 g/mol. The molecule has 7 nitrogen and oxygen atoms in total. The van der Waals surface area contributed by atoms with Gasteiger partial charge in [-0.15, -0.1) is 0 Å². The minimum Gasteiger partial charge on any atom is -0.369 e. The maximum Gasteiger partial charge on any atom is 0.239 e. The molecule has 1 aromatic heterocycles. The third-order valence-corrected chi connectivity index (χ3v) is 6.35. The molecule has 0 aliphatic carbocycles. The van der Waals surface area contributed by atoms with Crippen LogP contribution >= 0.6 is 0 Å². The first-order valence-electron chi connectivity index (χ1n) is 10.8. The lowest BCUT2D eigenvalue weighted by atomic mass is 9.74. The molecule has 4 rings (SSSR count). The highest BCUT2D eigenvalue weighted by Gasteiger charge is 2.48. The predicted molar refractivity (Wildman–Crippen MR) is 128 cm³/mol. The topological polar surface area (TPSA) is 100 Å². The van der Waals surface area contributed by atoms with Crippen LogP contribution in [0.15, 0.2) is 65.9 Å². The smallest absolute Gasteiger partial charge is 0.239 e. The highest BCUT2D eigenvalue weighted by atomic mass is 16.2. The van der Waals surface area contributed by atoms with Gasteiger partial charge in [0.05, 0.1) is 29.4 Å². The highest BCUT2D eigenvalue weighted by Crippen LogP contribution is 2.44. The van der Waals surface area contributed by atoms with Crippen LogP contribution in [-0.4, -0.2) is 33.6 Å². The van der Waals surface area contributed by atoms with E-state index in [4.69, 9.17) is 10.7 Å². The zero-order chi connectivity index (χ0) is 24.0. The maximum absolute atomic E-state index is 13.5. The van der Waals surface area contributed by atoms with Crippen LogP contribution in [0.1, 0.15) is 55.9 Å². The van der Waals surface area contributed by atoms with E-state index in [9.17, 15) is 10.1 Å². The number of hydrogen-bond donors (Lipinski definition) is 1. The monoisotopic (exact) mass is 440 g/mol. The minimum atomic E-state index is -0.942. The molecular formula is C26H28N6O. The Kier molecular flexibility index (Phi) is 5.33. The SMILES string of the molecule is CN1C(=O)[C@H](c2ccc(C(C)(C)C)cc2)[C@@](C)(c2cnn(-c3cccc(C#N)c3)c2)N=C1N. The van der Waals surface area contributed by atoms with Crippen LogP contribution in [0.5, 0.6) is 0 Å². The summed E-state index contributed by atoms with van der Waals surface area (Å²) in [6.07, 6.45) is 3.56. The molecule has 0 spiro atoms. The molecule has 33 heavy (non-hydrogen) atoms. The molecule has 1 amide bonds. The van der Waals surface area contributed by atoms with Crippen molar-refractivity contribution in [3.63, 3.8) is 0 Å². The Balaban J connectivity index is 1.81. The van der Waals surface area contributed by atoms with E-state index in [1.807, 2.05) is 37.4 Å². The van der Waals surface area contributed by atoms with Gasteiger partial charge in [-0.05, 0) is 41.7 Å². The van der Waals surface area contributed by atoms with Gasteiger partial charge >= 0.3 is 0 Å². The lowest BCUT2D eigenvalue weighted by Crippen LogP contribution is -2.52. The second-order valence-corrected chi connectivity index (χ2v) is 9.66. The van der Waals surface area contributed by atoms with Crippen LogP contribution in [0.4, 0.5) is 0 Å². The van der Waals surface area contributed by atoms with E-state index in [-0.39, 0.29) is 17.3 Å². The summed E-state index contributed by atoms with van der Waals surface area (Å²) >= 11 is 0. The molecule has 1 aliphatic rings. The van der Waals surface area contributed by atoms with Crippen molar-refractivity contribution in [2.75, 3.05) is 7.05 Å². The van der Waals surface area contributed by atoms with Crippen molar-refractivity contribution >= 4 is 11.9 Å². The molecule has 3 aromatic rings. The maximum atomic E-state index is 13.5.